The van der Waals surface area contributed by atoms with Crippen molar-refractivity contribution in [3.63, 3.8) is 0 Å². The molecule has 0 saturated heterocycles. The molecule has 0 aliphatic heterocycles. The third-order valence-corrected chi connectivity index (χ3v) is 5.06. The lowest BCUT2D eigenvalue weighted by Crippen LogP contribution is -2.22. The SMILES string of the molecule is CCN(CC)Cc1nc(CO)sc1-c1csc(NC)n1. The highest BCUT2D eigenvalue weighted by Crippen LogP contribution is 2.33. The summed E-state index contributed by atoms with van der Waals surface area (Å²) in [6.45, 7) is 7.04. The molecule has 110 valence electrons. The van der Waals surface area contributed by atoms with Gasteiger partial charge in [0.1, 0.15) is 5.01 Å². The molecule has 7 heteroatoms. The van der Waals surface area contributed by atoms with Crippen molar-refractivity contribution >= 4 is 27.8 Å². The Morgan fingerprint density at radius 1 is 1.30 bits per heavy atom. The number of rotatable bonds is 7. The number of aliphatic hydroxyl groups excluding tert-OH is 1. The van der Waals surface area contributed by atoms with Crippen LogP contribution in [0.15, 0.2) is 5.38 Å². The minimum absolute atomic E-state index is 0.0149. The molecule has 0 spiro atoms. The van der Waals surface area contributed by atoms with E-state index in [1.807, 2.05) is 12.4 Å². The number of aromatic nitrogens is 2. The third-order valence-electron chi connectivity index (χ3n) is 3.10. The Bertz CT molecular complexity index is 548. The molecule has 0 aliphatic rings. The van der Waals surface area contributed by atoms with Gasteiger partial charge in [-0.3, -0.25) is 4.90 Å². The quantitative estimate of drug-likeness (QED) is 0.823. The minimum atomic E-state index is -0.0149. The van der Waals surface area contributed by atoms with Crippen LogP contribution < -0.4 is 5.32 Å². The number of thiazole rings is 2. The molecule has 0 aliphatic carbocycles. The van der Waals surface area contributed by atoms with Crippen LogP contribution in [0.4, 0.5) is 5.13 Å². The van der Waals surface area contributed by atoms with Crippen LogP contribution in [-0.2, 0) is 13.2 Å². The Balaban J connectivity index is 2.32. The van der Waals surface area contributed by atoms with Crippen LogP contribution in [0.2, 0.25) is 0 Å². The molecule has 2 aromatic heterocycles. The van der Waals surface area contributed by atoms with E-state index in [0.29, 0.717) is 0 Å². The third kappa shape index (κ3) is 3.35. The van der Waals surface area contributed by atoms with Gasteiger partial charge in [-0.25, -0.2) is 9.97 Å². The summed E-state index contributed by atoms with van der Waals surface area (Å²) in [5.74, 6) is 0. The van der Waals surface area contributed by atoms with Gasteiger partial charge >= 0.3 is 0 Å². The van der Waals surface area contributed by atoms with Crippen molar-refractivity contribution in [1.29, 1.82) is 0 Å². The molecule has 0 saturated carbocycles. The van der Waals surface area contributed by atoms with Gasteiger partial charge in [0.15, 0.2) is 5.13 Å². The normalized spacial score (nSPS) is 11.2. The molecule has 0 atom stereocenters. The first-order valence-corrected chi connectivity index (χ1v) is 8.36. The molecular weight excluding hydrogens is 292 g/mol. The van der Waals surface area contributed by atoms with E-state index in [0.717, 1.165) is 46.0 Å². The summed E-state index contributed by atoms with van der Waals surface area (Å²) in [4.78, 5) is 12.5. The molecular formula is C13H20N4OS2. The van der Waals surface area contributed by atoms with Crippen molar-refractivity contribution < 1.29 is 5.11 Å². The topological polar surface area (TPSA) is 61.3 Å². The number of anilines is 1. The van der Waals surface area contributed by atoms with Crippen LogP contribution >= 0.6 is 22.7 Å². The molecule has 5 nitrogen and oxygen atoms in total. The summed E-state index contributed by atoms with van der Waals surface area (Å²) in [6.07, 6.45) is 0. The van der Waals surface area contributed by atoms with Gasteiger partial charge < -0.3 is 10.4 Å². The van der Waals surface area contributed by atoms with Crippen molar-refractivity contribution in [1.82, 2.24) is 14.9 Å². The van der Waals surface area contributed by atoms with Gasteiger partial charge in [-0.1, -0.05) is 13.8 Å². The lowest BCUT2D eigenvalue weighted by Gasteiger charge is -2.16. The number of hydrogen-bond donors (Lipinski definition) is 2. The smallest absolute Gasteiger partial charge is 0.182 e. The van der Waals surface area contributed by atoms with Crippen molar-refractivity contribution in [2.75, 3.05) is 25.5 Å². The monoisotopic (exact) mass is 312 g/mol. The van der Waals surface area contributed by atoms with Crippen LogP contribution in [0.25, 0.3) is 10.6 Å². The highest BCUT2D eigenvalue weighted by molar-refractivity contribution is 7.16. The Kier molecular flexibility index (Phi) is 5.47. The summed E-state index contributed by atoms with van der Waals surface area (Å²) in [5.41, 5.74) is 1.95. The Labute approximate surface area is 127 Å². The van der Waals surface area contributed by atoms with Crippen molar-refractivity contribution in [2.45, 2.75) is 27.0 Å². The van der Waals surface area contributed by atoms with Gasteiger partial charge in [-0.05, 0) is 13.1 Å². The van der Waals surface area contributed by atoms with E-state index in [2.05, 4.69) is 34.0 Å². The molecule has 2 heterocycles. The number of hydrogen-bond acceptors (Lipinski definition) is 7. The fraction of sp³-hybridized carbons (Fsp3) is 0.538. The van der Waals surface area contributed by atoms with Gasteiger partial charge in [0.05, 0.1) is 22.9 Å². The zero-order valence-corrected chi connectivity index (χ0v) is 13.6. The van der Waals surface area contributed by atoms with E-state index >= 15 is 0 Å². The van der Waals surface area contributed by atoms with E-state index in [1.165, 1.54) is 11.3 Å². The van der Waals surface area contributed by atoms with E-state index in [9.17, 15) is 5.11 Å². The molecule has 2 N–H and O–H groups in total. The molecule has 0 amide bonds. The van der Waals surface area contributed by atoms with E-state index in [-0.39, 0.29) is 6.61 Å². The predicted octanol–water partition coefficient (Wildman–Crippen LogP) is 2.64. The van der Waals surface area contributed by atoms with Crippen molar-refractivity contribution in [3.8, 4) is 10.6 Å². The van der Waals surface area contributed by atoms with Crippen molar-refractivity contribution in [3.05, 3.63) is 16.1 Å². The summed E-state index contributed by atoms with van der Waals surface area (Å²) in [5, 5.41) is 16.1. The first-order chi connectivity index (χ1) is 9.71. The molecule has 0 radical (unpaired) electrons. The molecule has 2 rings (SSSR count). The second-order valence-electron chi connectivity index (χ2n) is 4.29. The fourth-order valence-corrected chi connectivity index (χ4v) is 3.56. The number of nitrogens with zero attached hydrogens (tertiary/aromatic N) is 3. The summed E-state index contributed by atoms with van der Waals surface area (Å²) in [7, 11) is 1.87. The minimum Gasteiger partial charge on any atom is -0.389 e. The van der Waals surface area contributed by atoms with Crippen LogP contribution in [0.1, 0.15) is 24.5 Å². The van der Waals surface area contributed by atoms with Crippen LogP contribution in [0, 0.1) is 0 Å². The van der Waals surface area contributed by atoms with Gasteiger partial charge in [0, 0.05) is 19.0 Å². The van der Waals surface area contributed by atoms with Crippen molar-refractivity contribution in [2.24, 2.45) is 0 Å². The van der Waals surface area contributed by atoms with Gasteiger partial charge in [-0.2, -0.15) is 0 Å². The summed E-state index contributed by atoms with van der Waals surface area (Å²) in [6, 6.07) is 0. The average molecular weight is 312 g/mol. The van der Waals surface area contributed by atoms with Crippen LogP contribution in [0.5, 0.6) is 0 Å². The molecule has 0 unspecified atom stereocenters. The zero-order valence-electron chi connectivity index (χ0n) is 12.0. The van der Waals surface area contributed by atoms with Crippen LogP contribution in [-0.4, -0.2) is 40.1 Å². The Morgan fingerprint density at radius 2 is 2.05 bits per heavy atom. The van der Waals surface area contributed by atoms with Crippen LogP contribution in [0.3, 0.4) is 0 Å². The standard InChI is InChI=1S/C13H20N4OS2/c1-4-17(5-2)6-9-12(20-11(7-18)15-9)10-8-19-13(14-3)16-10/h8,18H,4-7H2,1-3H3,(H,14,16). The van der Waals surface area contributed by atoms with Gasteiger partial charge in [0.2, 0.25) is 0 Å². The van der Waals surface area contributed by atoms with E-state index in [1.54, 1.807) is 11.3 Å². The lowest BCUT2D eigenvalue weighted by molar-refractivity contribution is 0.277. The second-order valence-corrected chi connectivity index (χ2v) is 6.23. The number of aliphatic hydroxyl groups is 1. The maximum atomic E-state index is 9.33. The largest absolute Gasteiger partial charge is 0.389 e. The molecule has 2 aromatic rings. The fourth-order valence-electron chi connectivity index (χ4n) is 1.93. The number of nitrogens with one attached hydrogen (secondary N) is 1. The predicted molar refractivity (Wildman–Crippen MR) is 85.3 cm³/mol. The van der Waals surface area contributed by atoms with E-state index < -0.39 is 0 Å². The Morgan fingerprint density at radius 3 is 2.60 bits per heavy atom. The second kappa shape index (κ2) is 7.12. The lowest BCUT2D eigenvalue weighted by atomic mass is 10.3. The average Bonchev–Trinajstić information content (AvgIpc) is 3.10. The maximum Gasteiger partial charge on any atom is 0.182 e. The molecule has 0 fully saturated rings. The van der Waals surface area contributed by atoms with E-state index in [4.69, 9.17) is 0 Å². The first-order valence-electron chi connectivity index (χ1n) is 6.67. The van der Waals surface area contributed by atoms with Gasteiger partial charge in [-0.15, -0.1) is 22.7 Å². The highest BCUT2D eigenvalue weighted by Gasteiger charge is 2.17. The summed E-state index contributed by atoms with van der Waals surface area (Å²) < 4.78 is 0. The first kappa shape index (κ1) is 15.4. The molecule has 0 bridgehead atoms. The highest BCUT2D eigenvalue weighted by atomic mass is 32.1. The molecule has 20 heavy (non-hydrogen) atoms. The maximum absolute atomic E-state index is 9.33. The zero-order chi connectivity index (χ0) is 14.5. The van der Waals surface area contributed by atoms with Gasteiger partial charge in [0.25, 0.3) is 0 Å². The summed E-state index contributed by atoms with van der Waals surface area (Å²) >= 11 is 3.11. The molecule has 0 aromatic carbocycles. The Hall–Kier alpha value is -1.02.